The molecule has 2 nitrogen and oxygen atoms in total. The fourth-order valence-corrected chi connectivity index (χ4v) is 3.17. The van der Waals surface area contributed by atoms with Crippen LogP contribution in [0.3, 0.4) is 0 Å². The van der Waals surface area contributed by atoms with Crippen LogP contribution in [-0.2, 0) is 6.42 Å². The molecule has 2 heteroatoms. The van der Waals surface area contributed by atoms with Crippen molar-refractivity contribution in [2.75, 3.05) is 20.6 Å². The molecule has 0 heterocycles. The van der Waals surface area contributed by atoms with E-state index >= 15 is 0 Å². The smallest absolute Gasteiger partial charge is 0.193 e. The number of ketones is 1. The minimum absolute atomic E-state index is 0.175. The Bertz CT molecular complexity index is 660. The maximum Gasteiger partial charge on any atom is 0.193 e. The zero-order valence-electron chi connectivity index (χ0n) is 12.7. The molecule has 0 bridgehead atoms. The van der Waals surface area contributed by atoms with E-state index < -0.39 is 0 Å². The van der Waals surface area contributed by atoms with Crippen LogP contribution in [0.1, 0.15) is 39.4 Å². The Morgan fingerprint density at radius 2 is 1.67 bits per heavy atom. The molecule has 108 valence electrons. The van der Waals surface area contributed by atoms with Crippen LogP contribution in [0, 0.1) is 0 Å². The SMILES string of the molecule is CN(C)CCC1Cc2ccccc2C(=O)c2ccccc21. The lowest BCUT2D eigenvalue weighted by Crippen LogP contribution is -2.17. The predicted octanol–water partition coefficient (Wildman–Crippen LogP) is 3.51. The van der Waals surface area contributed by atoms with Gasteiger partial charge in [0.05, 0.1) is 0 Å². The summed E-state index contributed by atoms with van der Waals surface area (Å²) in [5.74, 6) is 0.588. The van der Waals surface area contributed by atoms with Crippen LogP contribution >= 0.6 is 0 Å². The van der Waals surface area contributed by atoms with Gasteiger partial charge in [-0.25, -0.2) is 0 Å². The predicted molar refractivity (Wildman–Crippen MR) is 85.9 cm³/mol. The molecule has 0 amide bonds. The van der Waals surface area contributed by atoms with Crippen molar-refractivity contribution in [2.24, 2.45) is 0 Å². The third-order valence-electron chi connectivity index (χ3n) is 4.30. The largest absolute Gasteiger partial charge is 0.309 e. The maximum absolute atomic E-state index is 12.8. The molecule has 3 rings (SSSR count). The summed E-state index contributed by atoms with van der Waals surface area (Å²) in [6.45, 7) is 1.04. The van der Waals surface area contributed by atoms with Gasteiger partial charge in [0.15, 0.2) is 5.78 Å². The van der Waals surface area contributed by atoms with Gasteiger partial charge in [0.25, 0.3) is 0 Å². The highest BCUT2D eigenvalue weighted by Gasteiger charge is 2.26. The molecule has 2 aromatic rings. The Hall–Kier alpha value is -1.93. The van der Waals surface area contributed by atoms with E-state index in [1.54, 1.807) is 0 Å². The number of carbonyl (C=O) groups excluding carboxylic acids is 1. The van der Waals surface area contributed by atoms with Crippen molar-refractivity contribution in [3.05, 3.63) is 70.8 Å². The molecular formula is C19H21NO. The van der Waals surface area contributed by atoms with Crippen molar-refractivity contribution in [3.63, 3.8) is 0 Å². The van der Waals surface area contributed by atoms with E-state index in [2.05, 4.69) is 31.1 Å². The minimum atomic E-state index is 0.175. The van der Waals surface area contributed by atoms with Gasteiger partial charge in [0, 0.05) is 11.1 Å². The highest BCUT2D eigenvalue weighted by atomic mass is 16.1. The van der Waals surface area contributed by atoms with Crippen LogP contribution in [0.5, 0.6) is 0 Å². The summed E-state index contributed by atoms with van der Waals surface area (Å²) >= 11 is 0. The lowest BCUT2D eigenvalue weighted by atomic mass is 9.88. The monoisotopic (exact) mass is 279 g/mol. The van der Waals surface area contributed by atoms with E-state index in [1.807, 2.05) is 36.4 Å². The molecule has 2 aromatic carbocycles. The molecular weight excluding hydrogens is 258 g/mol. The van der Waals surface area contributed by atoms with Crippen molar-refractivity contribution in [1.82, 2.24) is 4.90 Å². The zero-order chi connectivity index (χ0) is 14.8. The summed E-state index contributed by atoms with van der Waals surface area (Å²) in [7, 11) is 4.20. The molecule has 0 spiro atoms. The molecule has 1 aliphatic rings. The lowest BCUT2D eigenvalue weighted by Gasteiger charge is -2.19. The van der Waals surface area contributed by atoms with E-state index in [9.17, 15) is 4.79 Å². The Morgan fingerprint density at radius 1 is 1.00 bits per heavy atom. The van der Waals surface area contributed by atoms with Gasteiger partial charge in [-0.15, -0.1) is 0 Å². The summed E-state index contributed by atoms with van der Waals surface area (Å²) in [6.07, 6.45) is 2.03. The second-order valence-corrected chi connectivity index (χ2v) is 6.07. The van der Waals surface area contributed by atoms with Crippen molar-refractivity contribution < 1.29 is 4.79 Å². The number of hydrogen-bond acceptors (Lipinski definition) is 2. The van der Waals surface area contributed by atoms with Gasteiger partial charge in [0.1, 0.15) is 0 Å². The van der Waals surface area contributed by atoms with Crippen LogP contribution in [0.2, 0.25) is 0 Å². The van der Waals surface area contributed by atoms with E-state index in [0.29, 0.717) is 5.92 Å². The Morgan fingerprint density at radius 3 is 2.43 bits per heavy atom. The molecule has 0 N–H and O–H groups in total. The van der Waals surface area contributed by atoms with Gasteiger partial charge in [-0.1, -0.05) is 48.5 Å². The average Bonchev–Trinajstić information content (AvgIpc) is 2.62. The summed E-state index contributed by atoms with van der Waals surface area (Å²) in [4.78, 5) is 15.0. The molecule has 1 atom stereocenters. The van der Waals surface area contributed by atoms with Gasteiger partial charge in [0.2, 0.25) is 0 Å². The van der Waals surface area contributed by atoms with Gasteiger partial charge in [-0.3, -0.25) is 4.79 Å². The van der Waals surface area contributed by atoms with E-state index in [0.717, 1.165) is 30.5 Å². The summed E-state index contributed by atoms with van der Waals surface area (Å²) in [6, 6.07) is 16.2. The van der Waals surface area contributed by atoms with Crippen LogP contribution in [-0.4, -0.2) is 31.3 Å². The molecule has 0 aromatic heterocycles. The average molecular weight is 279 g/mol. The number of benzene rings is 2. The second-order valence-electron chi connectivity index (χ2n) is 6.07. The number of carbonyl (C=O) groups is 1. The zero-order valence-corrected chi connectivity index (χ0v) is 12.7. The number of rotatable bonds is 3. The quantitative estimate of drug-likeness (QED) is 0.857. The minimum Gasteiger partial charge on any atom is -0.309 e. The normalized spacial score (nSPS) is 17.3. The van der Waals surface area contributed by atoms with E-state index in [-0.39, 0.29) is 5.78 Å². The van der Waals surface area contributed by atoms with Crippen molar-refractivity contribution in [2.45, 2.75) is 18.8 Å². The molecule has 1 aliphatic carbocycles. The summed E-state index contributed by atoms with van der Waals surface area (Å²) in [5.41, 5.74) is 4.14. The molecule has 0 radical (unpaired) electrons. The Labute approximate surface area is 126 Å². The highest BCUT2D eigenvalue weighted by Crippen LogP contribution is 2.33. The third-order valence-corrected chi connectivity index (χ3v) is 4.30. The summed E-state index contributed by atoms with van der Waals surface area (Å²) in [5, 5.41) is 0. The Kier molecular flexibility index (Phi) is 3.89. The van der Waals surface area contributed by atoms with E-state index in [1.165, 1.54) is 11.1 Å². The van der Waals surface area contributed by atoms with Crippen molar-refractivity contribution in [1.29, 1.82) is 0 Å². The molecule has 0 saturated carbocycles. The van der Waals surface area contributed by atoms with Gasteiger partial charge in [-0.2, -0.15) is 0 Å². The molecule has 0 aliphatic heterocycles. The third kappa shape index (κ3) is 2.77. The van der Waals surface area contributed by atoms with Crippen molar-refractivity contribution in [3.8, 4) is 0 Å². The first-order chi connectivity index (χ1) is 10.2. The summed E-state index contributed by atoms with van der Waals surface area (Å²) < 4.78 is 0. The van der Waals surface area contributed by atoms with Gasteiger partial charge >= 0.3 is 0 Å². The van der Waals surface area contributed by atoms with Crippen LogP contribution < -0.4 is 0 Å². The standard InChI is InChI=1S/C19H21NO/c1-20(2)12-11-15-13-14-7-3-4-9-17(14)19(21)18-10-6-5-8-16(15)18/h3-10,15H,11-13H2,1-2H3. The van der Waals surface area contributed by atoms with Crippen LogP contribution in [0.25, 0.3) is 0 Å². The topological polar surface area (TPSA) is 20.3 Å². The van der Waals surface area contributed by atoms with Crippen LogP contribution in [0.4, 0.5) is 0 Å². The lowest BCUT2D eigenvalue weighted by molar-refractivity contribution is 0.103. The first-order valence-corrected chi connectivity index (χ1v) is 7.53. The van der Waals surface area contributed by atoms with Crippen LogP contribution in [0.15, 0.2) is 48.5 Å². The fraction of sp³-hybridized carbons (Fsp3) is 0.316. The molecule has 0 saturated heterocycles. The van der Waals surface area contributed by atoms with E-state index in [4.69, 9.17) is 0 Å². The molecule has 21 heavy (non-hydrogen) atoms. The number of nitrogens with zero attached hydrogens (tertiary/aromatic N) is 1. The first-order valence-electron chi connectivity index (χ1n) is 7.53. The van der Waals surface area contributed by atoms with Gasteiger partial charge in [-0.05, 0) is 50.5 Å². The second kappa shape index (κ2) is 5.82. The van der Waals surface area contributed by atoms with Crippen molar-refractivity contribution >= 4 is 5.78 Å². The molecule has 0 fully saturated rings. The van der Waals surface area contributed by atoms with Gasteiger partial charge < -0.3 is 4.90 Å². The first kappa shape index (κ1) is 14.0. The highest BCUT2D eigenvalue weighted by molar-refractivity contribution is 6.11. The maximum atomic E-state index is 12.8. The number of hydrogen-bond donors (Lipinski definition) is 0. The fourth-order valence-electron chi connectivity index (χ4n) is 3.17. The number of fused-ring (bicyclic) bond motifs is 2. The molecule has 1 unspecified atom stereocenters. The Balaban J connectivity index is 2.06.